The molecule has 20 heavy (non-hydrogen) atoms. The van der Waals surface area contributed by atoms with Gasteiger partial charge in [0.05, 0.1) is 10.5 Å². The van der Waals surface area contributed by atoms with Gasteiger partial charge in [0.25, 0.3) is 5.91 Å². The van der Waals surface area contributed by atoms with Gasteiger partial charge in [0.1, 0.15) is 0 Å². The van der Waals surface area contributed by atoms with Crippen molar-refractivity contribution in [2.24, 2.45) is 0 Å². The minimum atomic E-state index is -0.704. The largest absolute Gasteiger partial charge is 0.388 e. The van der Waals surface area contributed by atoms with Crippen LogP contribution in [-0.2, 0) is 0 Å². The van der Waals surface area contributed by atoms with E-state index in [0.29, 0.717) is 11.4 Å². The summed E-state index contributed by atoms with van der Waals surface area (Å²) < 4.78 is 1.12. The fourth-order valence-electron chi connectivity index (χ4n) is 2.81. The average molecular weight is 289 g/mol. The van der Waals surface area contributed by atoms with Gasteiger partial charge in [0, 0.05) is 11.2 Å². The zero-order valence-electron chi connectivity index (χ0n) is 11.4. The van der Waals surface area contributed by atoms with Crippen LogP contribution in [0.4, 0.5) is 0 Å². The van der Waals surface area contributed by atoms with Crippen molar-refractivity contribution in [3.63, 3.8) is 0 Å². The van der Waals surface area contributed by atoms with Crippen molar-refractivity contribution in [2.45, 2.75) is 37.7 Å². The molecule has 0 saturated heterocycles. The van der Waals surface area contributed by atoms with E-state index in [-0.39, 0.29) is 5.91 Å². The third-order valence-corrected chi connectivity index (χ3v) is 5.13. The highest BCUT2D eigenvalue weighted by Crippen LogP contribution is 2.28. The molecule has 0 unspecified atom stereocenters. The van der Waals surface area contributed by atoms with Crippen LogP contribution in [0.5, 0.6) is 0 Å². The average Bonchev–Trinajstić information content (AvgIpc) is 2.89. The molecule has 1 heterocycles. The van der Waals surface area contributed by atoms with Gasteiger partial charge < -0.3 is 10.4 Å². The lowest BCUT2D eigenvalue weighted by atomic mass is 9.85. The van der Waals surface area contributed by atoms with E-state index in [4.69, 9.17) is 0 Å². The van der Waals surface area contributed by atoms with Crippen LogP contribution >= 0.6 is 11.3 Å². The van der Waals surface area contributed by atoms with Crippen molar-refractivity contribution in [3.8, 4) is 0 Å². The van der Waals surface area contributed by atoms with Crippen LogP contribution < -0.4 is 5.32 Å². The minimum absolute atomic E-state index is 0.0785. The number of nitrogens with one attached hydrogen (secondary N) is 1. The molecule has 4 heteroatoms. The Bertz CT molecular complexity index is 581. The Hall–Kier alpha value is -1.39. The van der Waals surface area contributed by atoms with Crippen LogP contribution in [0.1, 0.15) is 41.8 Å². The molecule has 1 aromatic carbocycles. The van der Waals surface area contributed by atoms with E-state index in [1.165, 1.54) is 17.8 Å². The van der Waals surface area contributed by atoms with E-state index < -0.39 is 5.60 Å². The Labute approximate surface area is 122 Å². The number of thiophene rings is 1. The predicted molar refractivity (Wildman–Crippen MR) is 82.2 cm³/mol. The number of aliphatic hydroxyl groups is 1. The van der Waals surface area contributed by atoms with Gasteiger partial charge in [-0.2, -0.15) is 0 Å². The summed E-state index contributed by atoms with van der Waals surface area (Å²) >= 11 is 1.50. The van der Waals surface area contributed by atoms with Crippen molar-refractivity contribution in [1.29, 1.82) is 0 Å². The Morgan fingerprint density at radius 2 is 2.00 bits per heavy atom. The fraction of sp³-hybridized carbons (Fsp3) is 0.438. The van der Waals surface area contributed by atoms with Crippen LogP contribution in [0.3, 0.4) is 0 Å². The van der Waals surface area contributed by atoms with Gasteiger partial charge in [0.15, 0.2) is 0 Å². The summed E-state index contributed by atoms with van der Waals surface area (Å²) in [5.74, 6) is -0.0785. The molecule has 0 atom stereocenters. The summed E-state index contributed by atoms with van der Waals surface area (Å²) in [6.07, 6.45) is 4.87. The van der Waals surface area contributed by atoms with Gasteiger partial charge >= 0.3 is 0 Å². The van der Waals surface area contributed by atoms with Crippen molar-refractivity contribution >= 4 is 27.3 Å². The molecule has 106 valence electrons. The van der Waals surface area contributed by atoms with Crippen LogP contribution in [0, 0.1) is 0 Å². The first-order valence-corrected chi connectivity index (χ1v) is 7.97. The zero-order chi connectivity index (χ0) is 14.0. The fourth-order valence-corrected chi connectivity index (χ4v) is 3.79. The maximum absolute atomic E-state index is 12.2. The van der Waals surface area contributed by atoms with Crippen LogP contribution in [-0.4, -0.2) is 23.2 Å². The molecule has 3 nitrogen and oxygen atoms in total. The molecule has 2 N–H and O–H groups in total. The number of fused-ring (bicyclic) bond motifs is 1. The molecule has 0 radical (unpaired) electrons. The first kappa shape index (κ1) is 13.6. The number of hydrogen-bond donors (Lipinski definition) is 2. The standard InChI is InChI=1S/C16H19NO2S/c18-15(17-11-16(19)8-4-1-5-9-16)14-10-12-6-2-3-7-13(12)20-14/h2-3,6-7,10,19H,1,4-5,8-9,11H2,(H,17,18). The second kappa shape index (κ2) is 5.54. The van der Waals surface area contributed by atoms with Gasteiger partial charge in [-0.15, -0.1) is 11.3 Å². The molecule has 1 saturated carbocycles. The predicted octanol–water partition coefficient (Wildman–Crippen LogP) is 3.33. The molecule has 1 amide bonds. The van der Waals surface area contributed by atoms with Gasteiger partial charge in [-0.1, -0.05) is 37.5 Å². The molecule has 2 aromatic rings. The van der Waals surface area contributed by atoms with Crippen molar-refractivity contribution in [2.75, 3.05) is 6.54 Å². The topological polar surface area (TPSA) is 49.3 Å². The third kappa shape index (κ3) is 2.86. The molecule has 1 aliphatic rings. The maximum Gasteiger partial charge on any atom is 0.261 e. The first-order valence-electron chi connectivity index (χ1n) is 7.15. The number of carbonyl (C=O) groups excluding carboxylic acids is 1. The Morgan fingerprint density at radius 3 is 2.75 bits per heavy atom. The number of hydrogen-bond acceptors (Lipinski definition) is 3. The summed E-state index contributed by atoms with van der Waals surface area (Å²) in [6, 6.07) is 9.90. The highest BCUT2D eigenvalue weighted by atomic mass is 32.1. The van der Waals surface area contributed by atoms with Gasteiger partial charge in [-0.3, -0.25) is 4.79 Å². The molecule has 3 rings (SSSR count). The van der Waals surface area contributed by atoms with E-state index >= 15 is 0 Å². The van der Waals surface area contributed by atoms with Crippen molar-refractivity contribution < 1.29 is 9.90 Å². The SMILES string of the molecule is O=C(NCC1(O)CCCCC1)c1cc2ccccc2s1. The molecule has 1 aromatic heterocycles. The summed E-state index contributed by atoms with van der Waals surface area (Å²) in [4.78, 5) is 12.9. The summed E-state index contributed by atoms with van der Waals surface area (Å²) in [6.45, 7) is 0.361. The van der Waals surface area contributed by atoms with E-state index in [9.17, 15) is 9.90 Å². The molecule has 0 bridgehead atoms. The summed E-state index contributed by atoms with van der Waals surface area (Å²) in [7, 11) is 0. The lowest BCUT2D eigenvalue weighted by Gasteiger charge is -2.32. The van der Waals surface area contributed by atoms with Crippen LogP contribution in [0.2, 0.25) is 0 Å². The Balaban J connectivity index is 1.66. The quantitative estimate of drug-likeness (QED) is 0.910. The maximum atomic E-state index is 12.2. The number of carbonyl (C=O) groups is 1. The molecule has 0 spiro atoms. The third-order valence-electron chi connectivity index (χ3n) is 4.01. The number of benzene rings is 1. The van der Waals surface area contributed by atoms with E-state index in [0.717, 1.165) is 35.8 Å². The van der Waals surface area contributed by atoms with Crippen LogP contribution in [0.15, 0.2) is 30.3 Å². The van der Waals surface area contributed by atoms with Gasteiger partial charge in [0.2, 0.25) is 0 Å². The lowest BCUT2D eigenvalue weighted by Crippen LogP contribution is -2.44. The van der Waals surface area contributed by atoms with E-state index in [2.05, 4.69) is 5.32 Å². The zero-order valence-corrected chi connectivity index (χ0v) is 12.2. The molecular weight excluding hydrogens is 270 g/mol. The summed E-state index contributed by atoms with van der Waals surface area (Å²) in [5.41, 5.74) is -0.704. The van der Waals surface area contributed by atoms with Gasteiger partial charge in [-0.05, 0) is 30.4 Å². The van der Waals surface area contributed by atoms with Crippen molar-refractivity contribution in [3.05, 3.63) is 35.2 Å². The smallest absolute Gasteiger partial charge is 0.261 e. The highest BCUT2D eigenvalue weighted by molar-refractivity contribution is 7.20. The molecule has 1 fully saturated rings. The van der Waals surface area contributed by atoms with Crippen molar-refractivity contribution in [1.82, 2.24) is 5.32 Å². The van der Waals surface area contributed by atoms with Gasteiger partial charge in [-0.25, -0.2) is 0 Å². The first-order chi connectivity index (χ1) is 9.66. The van der Waals surface area contributed by atoms with E-state index in [1.807, 2.05) is 30.3 Å². The lowest BCUT2D eigenvalue weighted by molar-refractivity contribution is 0.00529. The monoisotopic (exact) mass is 289 g/mol. The highest BCUT2D eigenvalue weighted by Gasteiger charge is 2.29. The molecular formula is C16H19NO2S. The number of rotatable bonds is 3. The normalized spacial score (nSPS) is 18.1. The minimum Gasteiger partial charge on any atom is -0.388 e. The molecule has 0 aliphatic heterocycles. The number of amides is 1. The molecule has 1 aliphatic carbocycles. The second-order valence-electron chi connectivity index (χ2n) is 5.62. The Kier molecular flexibility index (Phi) is 3.76. The van der Waals surface area contributed by atoms with E-state index in [1.54, 1.807) is 0 Å². The Morgan fingerprint density at radius 1 is 1.25 bits per heavy atom. The van der Waals surface area contributed by atoms with Crippen LogP contribution in [0.25, 0.3) is 10.1 Å². The summed E-state index contributed by atoms with van der Waals surface area (Å²) in [5, 5.41) is 14.4. The second-order valence-corrected chi connectivity index (χ2v) is 6.70.